The van der Waals surface area contributed by atoms with Crippen LogP contribution in [0.25, 0.3) is 0 Å². The molecule has 1 aliphatic rings. The molecule has 3 heteroatoms. The van der Waals surface area contributed by atoms with Crippen LogP contribution in [0.3, 0.4) is 0 Å². The number of nitrogens with one attached hydrogen (secondary N) is 1. The van der Waals surface area contributed by atoms with Gasteiger partial charge in [-0.2, -0.15) is 0 Å². The topological polar surface area (TPSA) is 29.1 Å². The first-order valence-electron chi connectivity index (χ1n) is 6.79. The lowest BCUT2D eigenvalue weighted by Crippen LogP contribution is -2.46. The van der Waals surface area contributed by atoms with Crippen molar-refractivity contribution in [3.8, 4) is 0 Å². The van der Waals surface area contributed by atoms with Crippen molar-refractivity contribution in [2.45, 2.75) is 64.2 Å². The molecule has 2 nitrogen and oxygen atoms in total. The predicted molar refractivity (Wildman–Crippen MR) is 72.2 cm³/mol. The van der Waals surface area contributed by atoms with Gasteiger partial charge in [-0.1, -0.05) is 27.2 Å². The van der Waals surface area contributed by atoms with Crippen molar-refractivity contribution in [2.24, 2.45) is 5.92 Å². The van der Waals surface area contributed by atoms with Crippen LogP contribution >= 0.6 is 0 Å². The lowest BCUT2D eigenvalue weighted by atomic mass is 9.87. The van der Waals surface area contributed by atoms with Crippen LogP contribution < -0.4 is 5.32 Å². The molecule has 1 saturated carbocycles. The molecule has 0 aromatic rings. The summed E-state index contributed by atoms with van der Waals surface area (Å²) in [5.74, 6) is 1.65. The van der Waals surface area contributed by atoms with E-state index in [1.165, 1.54) is 12.8 Å². The zero-order valence-corrected chi connectivity index (χ0v) is 11.8. The molecule has 1 aliphatic carbocycles. The van der Waals surface area contributed by atoms with Gasteiger partial charge in [0.05, 0.1) is 5.25 Å². The van der Waals surface area contributed by atoms with E-state index in [0.717, 1.165) is 37.5 Å². The SMILES string of the molecule is CCCCS(=O)C1CC(C)CCC1NCC. The van der Waals surface area contributed by atoms with Gasteiger partial charge < -0.3 is 5.32 Å². The summed E-state index contributed by atoms with van der Waals surface area (Å²) in [4.78, 5) is 0. The van der Waals surface area contributed by atoms with Gasteiger partial charge in [0.15, 0.2) is 0 Å². The summed E-state index contributed by atoms with van der Waals surface area (Å²) in [6, 6.07) is 0.499. The molecule has 1 rings (SSSR count). The van der Waals surface area contributed by atoms with Gasteiger partial charge >= 0.3 is 0 Å². The maximum Gasteiger partial charge on any atom is 0.0503 e. The molecule has 0 amide bonds. The van der Waals surface area contributed by atoms with Crippen LogP contribution in [0, 0.1) is 5.92 Å². The molecule has 4 atom stereocenters. The van der Waals surface area contributed by atoms with E-state index < -0.39 is 10.8 Å². The summed E-state index contributed by atoms with van der Waals surface area (Å²) in [5.41, 5.74) is 0. The Morgan fingerprint density at radius 3 is 2.69 bits per heavy atom. The minimum absolute atomic E-state index is 0.398. The molecule has 0 aromatic carbocycles. The van der Waals surface area contributed by atoms with Crippen LogP contribution in [0.2, 0.25) is 0 Å². The fourth-order valence-electron chi connectivity index (χ4n) is 2.55. The molecule has 0 saturated heterocycles. The highest BCUT2D eigenvalue weighted by Crippen LogP contribution is 2.28. The first kappa shape index (κ1) is 14.2. The van der Waals surface area contributed by atoms with E-state index >= 15 is 0 Å². The second kappa shape index (κ2) is 7.44. The molecule has 0 aromatic heterocycles. The van der Waals surface area contributed by atoms with Gasteiger partial charge in [0, 0.05) is 22.6 Å². The van der Waals surface area contributed by atoms with Gasteiger partial charge in [-0.15, -0.1) is 0 Å². The Kier molecular flexibility index (Phi) is 6.59. The van der Waals surface area contributed by atoms with E-state index in [1.807, 2.05) is 0 Å². The highest BCUT2D eigenvalue weighted by atomic mass is 32.2. The second-order valence-electron chi connectivity index (χ2n) is 5.06. The van der Waals surface area contributed by atoms with Gasteiger partial charge in [0.25, 0.3) is 0 Å². The zero-order chi connectivity index (χ0) is 12.0. The molecular formula is C13H27NOS. The quantitative estimate of drug-likeness (QED) is 0.779. The Balaban J connectivity index is 2.52. The molecule has 0 heterocycles. The largest absolute Gasteiger partial charge is 0.313 e. The average molecular weight is 245 g/mol. The minimum atomic E-state index is -0.621. The Labute approximate surface area is 103 Å². The van der Waals surface area contributed by atoms with Gasteiger partial charge in [0.1, 0.15) is 0 Å². The van der Waals surface area contributed by atoms with Crippen molar-refractivity contribution < 1.29 is 4.21 Å². The Hall–Kier alpha value is 0.110. The Morgan fingerprint density at radius 1 is 1.31 bits per heavy atom. The normalized spacial score (nSPS) is 32.6. The molecule has 0 bridgehead atoms. The van der Waals surface area contributed by atoms with Crippen molar-refractivity contribution in [1.82, 2.24) is 5.32 Å². The monoisotopic (exact) mass is 245 g/mol. The molecular weight excluding hydrogens is 218 g/mol. The van der Waals surface area contributed by atoms with Crippen molar-refractivity contribution in [1.29, 1.82) is 0 Å². The summed E-state index contributed by atoms with van der Waals surface area (Å²) in [5, 5.41) is 3.92. The van der Waals surface area contributed by atoms with E-state index in [0.29, 0.717) is 11.3 Å². The molecule has 0 radical (unpaired) electrons. The summed E-state index contributed by atoms with van der Waals surface area (Å²) >= 11 is 0. The summed E-state index contributed by atoms with van der Waals surface area (Å²) in [6.45, 7) is 7.61. The molecule has 16 heavy (non-hydrogen) atoms. The third-order valence-corrected chi connectivity index (χ3v) is 5.44. The summed E-state index contributed by atoms with van der Waals surface area (Å²) < 4.78 is 12.3. The lowest BCUT2D eigenvalue weighted by molar-refractivity contribution is 0.316. The van der Waals surface area contributed by atoms with Crippen LogP contribution in [0.5, 0.6) is 0 Å². The van der Waals surface area contributed by atoms with E-state index in [9.17, 15) is 4.21 Å². The zero-order valence-electron chi connectivity index (χ0n) is 11.0. The van der Waals surface area contributed by atoms with Gasteiger partial charge in [-0.3, -0.25) is 4.21 Å². The van der Waals surface area contributed by atoms with Crippen LogP contribution in [0.1, 0.15) is 52.9 Å². The first-order chi connectivity index (χ1) is 7.69. The van der Waals surface area contributed by atoms with E-state index in [2.05, 4.69) is 26.1 Å². The fourth-order valence-corrected chi connectivity index (χ4v) is 4.57. The fraction of sp³-hybridized carbons (Fsp3) is 1.00. The Morgan fingerprint density at radius 2 is 2.06 bits per heavy atom. The van der Waals surface area contributed by atoms with Crippen LogP contribution in [-0.2, 0) is 10.8 Å². The van der Waals surface area contributed by atoms with Gasteiger partial charge in [0.2, 0.25) is 0 Å². The number of hydrogen-bond donors (Lipinski definition) is 1. The Bertz CT molecular complexity index is 220. The maximum absolute atomic E-state index is 12.3. The predicted octanol–water partition coefficient (Wildman–Crippen LogP) is 2.70. The highest BCUT2D eigenvalue weighted by Gasteiger charge is 2.31. The maximum atomic E-state index is 12.3. The molecule has 4 unspecified atom stereocenters. The van der Waals surface area contributed by atoms with Crippen molar-refractivity contribution in [2.75, 3.05) is 12.3 Å². The lowest BCUT2D eigenvalue weighted by Gasteiger charge is -2.34. The summed E-state index contributed by atoms with van der Waals surface area (Å²) in [6.07, 6.45) is 5.90. The molecule has 1 fully saturated rings. The van der Waals surface area contributed by atoms with E-state index in [-0.39, 0.29) is 0 Å². The molecule has 0 aliphatic heterocycles. The second-order valence-corrected chi connectivity index (χ2v) is 6.83. The van der Waals surface area contributed by atoms with Crippen LogP contribution in [0.15, 0.2) is 0 Å². The summed E-state index contributed by atoms with van der Waals surface area (Å²) in [7, 11) is -0.621. The van der Waals surface area contributed by atoms with Crippen molar-refractivity contribution >= 4 is 10.8 Å². The number of unbranched alkanes of at least 4 members (excludes halogenated alkanes) is 1. The number of hydrogen-bond acceptors (Lipinski definition) is 2. The smallest absolute Gasteiger partial charge is 0.0503 e. The van der Waals surface area contributed by atoms with Gasteiger partial charge in [-0.05, 0) is 38.1 Å². The average Bonchev–Trinajstić information content (AvgIpc) is 2.28. The van der Waals surface area contributed by atoms with Gasteiger partial charge in [-0.25, -0.2) is 0 Å². The minimum Gasteiger partial charge on any atom is -0.313 e. The van der Waals surface area contributed by atoms with E-state index in [4.69, 9.17) is 0 Å². The third kappa shape index (κ3) is 4.17. The molecule has 96 valence electrons. The van der Waals surface area contributed by atoms with Crippen molar-refractivity contribution in [3.63, 3.8) is 0 Å². The first-order valence-corrected chi connectivity index (χ1v) is 8.17. The molecule has 1 N–H and O–H groups in total. The van der Waals surface area contributed by atoms with Crippen molar-refractivity contribution in [3.05, 3.63) is 0 Å². The van der Waals surface area contributed by atoms with Crippen LogP contribution in [-0.4, -0.2) is 27.8 Å². The molecule has 0 spiro atoms. The standard InChI is InChI=1S/C13H27NOS/c1-4-6-9-16(15)13-10-11(3)7-8-12(13)14-5-2/h11-14H,4-10H2,1-3H3. The number of rotatable bonds is 6. The highest BCUT2D eigenvalue weighted by molar-refractivity contribution is 7.85. The third-order valence-electron chi connectivity index (χ3n) is 3.56. The van der Waals surface area contributed by atoms with E-state index in [1.54, 1.807) is 0 Å². The van der Waals surface area contributed by atoms with Crippen LogP contribution in [0.4, 0.5) is 0 Å².